The predicted molar refractivity (Wildman–Crippen MR) is 184 cm³/mol. The second-order valence-electron chi connectivity index (χ2n) is 13.4. The summed E-state index contributed by atoms with van der Waals surface area (Å²) in [5.74, 6) is -0.477. The number of ether oxygens (including phenoxy) is 2. The van der Waals surface area contributed by atoms with Crippen LogP contribution in [0.25, 0.3) is 0 Å². The lowest BCUT2D eigenvalue weighted by Gasteiger charge is -2.41. The minimum Gasteiger partial charge on any atom is -0.457 e. The van der Waals surface area contributed by atoms with Crippen LogP contribution >= 0.6 is 7.82 Å². The molecule has 13 heteroatoms. The van der Waals surface area contributed by atoms with E-state index in [1.54, 1.807) is 0 Å². The van der Waals surface area contributed by atoms with E-state index in [0.29, 0.717) is 13.0 Å². The van der Waals surface area contributed by atoms with E-state index in [1.807, 2.05) is 0 Å². The summed E-state index contributed by atoms with van der Waals surface area (Å²) < 4.78 is 33.8. The average molecular weight is 713 g/mol. The highest BCUT2D eigenvalue weighted by atomic mass is 31.2. The smallest absolute Gasteiger partial charge is 0.457 e. The molecular formula is C35H69O12P. The Bertz CT molecular complexity index is 817. The van der Waals surface area contributed by atoms with Crippen LogP contribution in [-0.4, -0.2) is 98.9 Å². The highest BCUT2D eigenvalue weighted by molar-refractivity contribution is 7.47. The molecule has 0 aromatic carbocycles. The zero-order valence-corrected chi connectivity index (χ0v) is 30.7. The highest BCUT2D eigenvalue weighted by Crippen LogP contribution is 2.47. The molecule has 48 heavy (non-hydrogen) atoms. The van der Waals surface area contributed by atoms with Gasteiger partial charge in [0.15, 0.2) is 0 Å². The summed E-state index contributed by atoms with van der Waals surface area (Å²) in [5, 5.41) is 49.8. The van der Waals surface area contributed by atoms with E-state index < -0.39 is 63.1 Å². The lowest BCUT2D eigenvalue weighted by molar-refractivity contribution is -0.220. The van der Waals surface area contributed by atoms with E-state index in [1.165, 1.54) is 89.9 Å². The first-order valence-electron chi connectivity index (χ1n) is 18.9. The zero-order valence-electron chi connectivity index (χ0n) is 29.8. The van der Waals surface area contributed by atoms with E-state index in [2.05, 4.69) is 13.8 Å². The van der Waals surface area contributed by atoms with Crippen molar-refractivity contribution in [2.75, 3.05) is 19.8 Å². The molecule has 0 bridgehead atoms. The largest absolute Gasteiger partial charge is 0.472 e. The van der Waals surface area contributed by atoms with Gasteiger partial charge in [-0.05, 0) is 12.8 Å². The summed E-state index contributed by atoms with van der Waals surface area (Å²) in [4.78, 5) is 22.9. The summed E-state index contributed by atoms with van der Waals surface area (Å²) in [6, 6.07) is 0. The van der Waals surface area contributed by atoms with Crippen molar-refractivity contribution in [2.45, 2.75) is 198 Å². The molecule has 1 aliphatic rings. The number of phosphoric ester groups is 1. The second-order valence-corrected chi connectivity index (χ2v) is 14.8. The summed E-state index contributed by atoms with van der Waals surface area (Å²) in [6.07, 6.45) is 12.0. The molecule has 12 nitrogen and oxygen atoms in total. The quantitative estimate of drug-likeness (QED) is 0.0286. The van der Waals surface area contributed by atoms with Crippen molar-refractivity contribution in [3.05, 3.63) is 0 Å². The molecule has 0 amide bonds. The van der Waals surface area contributed by atoms with Crippen LogP contribution in [0.15, 0.2) is 0 Å². The Morgan fingerprint density at radius 3 is 1.44 bits per heavy atom. The van der Waals surface area contributed by atoms with E-state index in [-0.39, 0.29) is 13.0 Å². The van der Waals surface area contributed by atoms with Gasteiger partial charge in [-0.3, -0.25) is 13.8 Å². The molecule has 286 valence electrons. The minimum atomic E-state index is -4.99. The van der Waals surface area contributed by atoms with Crippen molar-refractivity contribution in [3.8, 4) is 0 Å². The van der Waals surface area contributed by atoms with Gasteiger partial charge in [0.05, 0.1) is 13.2 Å². The molecule has 1 aliphatic carbocycles. The summed E-state index contributed by atoms with van der Waals surface area (Å²) >= 11 is 0. The van der Waals surface area contributed by atoms with Gasteiger partial charge in [-0.1, -0.05) is 136 Å². The summed E-state index contributed by atoms with van der Waals surface area (Å²) in [7, 11) is -4.99. The molecule has 0 heterocycles. The monoisotopic (exact) mass is 712 g/mol. The van der Waals surface area contributed by atoms with Crippen molar-refractivity contribution in [3.63, 3.8) is 0 Å². The van der Waals surface area contributed by atoms with Gasteiger partial charge < -0.3 is 39.9 Å². The van der Waals surface area contributed by atoms with Gasteiger partial charge in [-0.15, -0.1) is 0 Å². The second kappa shape index (κ2) is 28.0. The fourth-order valence-electron chi connectivity index (χ4n) is 5.88. The summed E-state index contributed by atoms with van der Waals surface area (Å²) in [6.45, 7) is 4.21. The lowest BCUT2D eigenvalue weighted by atomic mass is 9.85. The van der Waals surface area contributed by atoms with Gasteiger partial charge in [-0.25, -0.2) is 4.57 Å². The standard InChI is InChI=1S/C35H69O12P/c1-3-5-7-9-11-13-14-15-16-17-18-20-22-24-29(36)46-28(26-44-25-23-21-19-12-10-8-6-4-2)27-45-48(42,43)47-35-33(40)31(38)30(37)32(39)34(35)41/h28,30-35,37-41H,3-27H2,1-2H3,(H,42,43). The molecule has 0 saturated heterocycles. The number of phosphoric acid groups is 1. The third kappa shape index (κ3) is 20.9. The van der Waals surface area contributed by atoms with Crippen molar-refractivity contribution in [1.29, 1.82) is 0 Å². The fraction of sp³-hybridized carbons (Fsp3) is 0.971. The van der Waals surface area contributed by atoms with Crippen molar-refractivity contribution in [2.24, 2.45) is 0 Å². The Morgan fingerprint density at radius 1 is 0.583 bits per heavy atom. The molecule has 0 radical (unpaired) electrons. The molecule has 6 N–H and O–H groups in total. The lowest BCUT2D eigenvalue weighted by Crippen LogP contribution is -2.64. The molecule has 0 aromatic rings. The molecular weight excluding hydrogens is 643 g/mol. The van der Waals surface area contributed by atoms with Crippen LogP contribution in [0.5, 0.6) is 0 Å². The van der Waals surface area contributed by atoms with E-state index in [4.69, 9.17) is 18.5 Å². The van der Waals surface area contributed by atoms with Crippen LogP contribution < -0.4 is 0 Å². The van der Waals surface area contributed by atoms with Gasteiger partial charge >= 0.3 is 13.8 Å². The number of rotatable bonds is 31. The number of hydrogen-bond donors (Lipinski definition) is 6. The van der Waals surface area contributed by atoms with Gasteiger partial charge in [0, 0.05) is 13.0 Å². The Hall–Kier alpha value is -0.660. The SMILES string of the molecule is CCCCCCCCCCCCCCCC(=O)OC(COCCCCCCCCCC)COP(=O)(O)OC1C(O)C(O)C(O)C(O)C1O. The van der Waals surface area contributed by atoms with Crippen LogP contribution in [0.1, 0.15) is 155 Å². The Balaban J connectivity index is 2.47. The molecule has 1 fully saturated rings. The third-order valence-electron chi connectivity index (χ3n) is 8.98. The highest BCUT2D eigenvalue weighted by Gasteiger charge is 2.51. The van der Waals surface area contributed by atoms with Gasteiger partial charge in [0.25, 0.3) is 0 Å². The Kier molecular flexibility index (Phi) is 26.5. The number of carbonyl (C=O) groups is 1. The maximum absolute atomic E-state index is 12.7. The van der Waals surface area contributed by atoms with Gasteiger partial charge in [0.2, 0.25) is 0 Å². The topological polar surface area (TPSA) is 192 Å². The summed E-state index contributed by atoms with van der Waals surface area (Å²) in [5.41, 5.74) is 0. The van der Waals surface area contributed by atoms with Crippen LogP contribution in [0.2, 0.25) is 0 Å². The van der Waals surface area contributed by atoms with Crippen LogP contribution in [0.3, 0.4) is 0 Å². The predicted octanol–water partition coefficient (Wildman–Crippen LogP) is 5.86. The molecule has 0 aliphatic heterocycles. The molecule has 1 saturated carbocycles. The molecule has 6 unspecified atom stereocenters. The van der Waals surface area contributed by atoms with Crippen LogP contribution in [0, 0.1) is 0 Å². The maximum atomic E-state index is 12.7. The number of carbonyl (C=O) groups excluding carboxylic acids is 1. The van der Waals surface area contributed by atoms with Crippen molar-refractivity contribution in [1.82, 2.24) is 0 Å². The first kappa shape index (κ1) is 45.4. The molecule has 6 atom stereocenters. The number of esters is 1. The Morgan fingerprint density at radius 2 is 0.979 bits per heavy atom. The fourth-order valence-corrected chi connectivity index (χ4v) is 6.86. The number of hydrogen-bond acceptors (Lipinski definition) is 11. The van der Waals surface area contributed by atoms with E-state index >= 15 is 0 Å². The average Bonchev–Trinajstić information content (AvgIpc) is 3.06. The van der Waals surface area contributed by atoms with Crippen LogP contribution in [-0.2, 0) is 27.9 Å². The number of unbranched alkanes of at least 4 members (excludes halogenated alkanes) is 19. The zero-order chi connectivity index (χ0) is 35.6. The van der Waals surface area contributed by atoms with Crippen molar-refractivity contribution >= 4 is 13.8 Å². The van der Waals surface area contributed by atoms with E-state index in [0.717, 1.165) is 38.5 Å². The molecule has 0 spiro atoms. The van der Waals surface area contributed by atoms with Crippen molar-refractivity contribution < 1.29 is 58.3 Å². The van der Waals surface area contributed by atoms with E-state index in [9.17, 15) is 39.8 Å². The van der Waals surface area contributed by atoms with Crippen LogP contribution in [0.4, 0.5) is 0 Å². The Labute approximate surface area is 289 Å². The minimum absolute atomic E-state index is 0.0703. The first-order valence-corrected chi connectivity index (χ1v) is 20.4. The van der Waals surface area contributed by atoms with Gasteiger partial charge in [-0.2, -0.15) is 0 Å². The third-order valence-corrected chi connectivity index (χ3v) is 9.97. The number of aliphatic hydroxyl groups excluding tert-OH is 5. The maximum Gasteiger partial charge on any atom is 0.472 e. The first-order chi connectivity index (χ1) is 23.0. The molecule has 1 rings (SSSR count). The number of aliphatic hydroxyl groups is 5. The molecule has 0 aromatic heterocycles. The normalized spacial score (nSPS) is 24.8. The van der Waals surface area contributed by atoms with Gasteiger partial charge in [0.1, 0.15) is 42.7 Å².